The molecule has 8 heteroatoms. The summed E-state index contributed by atoms with van der Waals surface area (Å²) in [7, 11) is 0. The molecule has 140 valence electrons. The molecular formula is C18H15ClF3IO3. The molecule has 1 aromatic rings. The lowest BCUT2D eigenvalue weighted by molar-refractivity contribution is -0.139. The predicted octanol–water partition coefficient (Wildman–Crippen LogP) is 5.87. The molecule has 0 aliphatic heterocycles. The molecule has 0 heterocycles. The van der Waals surface area contributed by atoms with Gasteiger partial charge in [0.25, 0.3) is 0 Å². The van der Waals surface area contributed by atoms with E-state index in [0.29, 0.717) is 12.2 Å². The van der Waals surface area contributed by atoms with Crippen LogP contribution in [0.4, 0.5) is 13.2 Å². The van der Waals surface area contributed by atoms with Gasteiger partial charge in [0.15, 0.2) is 0 Å². The number of ether oxygens (including phenoxy) is 1. The number of rotatable bonds is 5. The molecule has 2 aliphatic rings. The Kier molecular flexibility index (Phi) is 5.58. The van der Waals surface area contributed by atoms with Crippen LogP contribution in [-0.2, 0) is 11.0 Å². The summed E-state index contributed by atoms with van der Waals surface area (Å²) in [4.78, 5) is 11.1. The van der Waals surface area contributed by atoms with Gasteiger partial charge in [0.2, 0.25) is 0 Å². The first-order valence-electron chi connectivity index (χ1n) is 7.98. The average Bonchev–Trinajstić information content (AvgIpc) is 3.18. The van der Waals surface area contributed by atoms with Crippen LogP contribution in [0.15, 0.2) is 41.7 Å². The highest BCUT2D eigenvalue weighted by Gasteiger charge is 2.53. The SMILES string of the molecule is O=C(O)[C@@H]1[C@@H](I)[C@H]1CC1=CC(Oc2ccc(C(F)(F)F)cc2Cl)=CCC1. The van der Waals surface area contributed by atoms with Gasteiger partial charge in [0.05, 0.1) is 16.5 Å². The highest BCUT2D eigenvalue weighted by Crippen LogP contribution is 2.50. The van der Waals surface area contributed by atoms with Crippen LogP contribution in [0.25, 0.3) is 0 Å². The van der Waals surface area contributed by atoms with Crippen LogP contribution in [0.5, 0.6) is 5.75 Å². The molecule has 0 aromatic heterocycles. The van der Waals surface area contributed by atoms with Gasteiger partial charge in [-0.2, -0.15) is 13.2 Å². The maximum atomic E-state index is 12.7. The van der Waals surface area contributed by atoms with E-state index < -0.39 is 17.7 Å². The van der Waals surface area contributed by atoms with Gasteiger partial charge < -0.3 is 9.84 Å². The van der Waals surface area contributed by atoms with E-state index in [1.807, 2.05) is 12.2 Å². The number of benzene rings is 1. The summed E-state index contributed by atoms with van der Waals surface area (Å²) in [6.45, 7) is 0. The van der Waals surface area contributed by atoms with Crippen LogP contribution in [0.1, 0.15) is 24.8 Å². The topological polar surface area (TPSA) is 46.5 Å². The monoisotopic (exact) mass is 498 g/mol. The van der Waals surface area contributed by atoms with Gasteiger partial charge in [0, 0.05) is 3.92 Å². The Balaban J connectivity index is 1.68. The molecule has 1 N–H and O–H groups in total. The molecule has 3 atom stereocenters. The molecule has 0 amide bonds. The normalized spacial score (nSPS) is 25.3. The molecule has 3 nitrogen and oxygen atoms in total. The fraction of sp³-hybridized carbons (Fsp3) is 0.389. The minimum absolute atomic E-state index is 0.110. The summed E-state index contributed by atoms with van der Waals surface area (Å²) in [5.74, 6) is -0.283. The molecule has 3 rings (SSSR count). The van der Waals surface area contributed by atoms with Crippen molar-refractivity contribution in [2.75, 3.05) is 0 Å². The second-order valence-corrected chi connectivity index (χ2v) is 8.21. The number of allylic oxidation sites excluding steroid dienone is 3. The quantitative estimate of drug-likeness (QED) is 0.408. The molecule has 0 saturated heterocycles. The number of alkyl halides is 4. The van der Waals surface area contributed by atoms with E-state index >= 15 is 0 Å². The van der Waals surface area contributed by atoms with E-state index in [0.717, 1.165) is 30.5 Å². The fourth-order valence-corrected chi connectivity index (χ4v) is 4.57. The van der Waals surface area contributed by atoms with Crippen molar-refractivity contribution in [3.63, 3.8) is 0 Å². The molecule has 1 fully saturated rings. The third kappa shape index (κ3) is 4.36. The number of carboxylic acid groups (broad SMARTS) is 1. The van der Waals surface area contributed by atoms with Crippen molar-refractivity contribution in [2.45, 2.75) is 29.4 Å². The van der Waals surface area contributed by atoms with Gasteiger partial charge in [-0.25, -0.2) is 0 Å². The third-order valence-electron chi connectivity index (χ3n) is 4.50. The molecule has 0 spiro atoms. The summed E-state index contributed by atoms with van der Waals surface area (Å²) in [5.41, 5.74) is 0.256. The van der Waals surface area contributed by atoms with Crippen LogP contribution in [-0.4, -0.2) is 15.0 Å². The molecule has 1 aromatic carbocycles. The predicted molar refractivity (Wildman–Crippen MR) is 99.5 cm³/mol. The van der Waals surface area contributed by atoms with Gasteiger partial charge in [0.1, 0.15) is 11.5 Å². The lowest BCUT2D eigenvalue weighted by Gasteiger charge is -2.16. The first-order valence-corrected chi connectivity index (χ1v) is 9.60. The largest absolute Gasteiger partial charge is 0.481 e. The van der Waals surface area contributed by atoms with Crippen molar-refractivity contribution in [3.8, 4) is 5.75 Å². The highest BCUT2D eigenvalue weighted by atomic mass is 127. The van der Waals surface area contributed by atoms with E-state index in [4.69, 9.17) is 21.4 Å². The lowest BCUT2D eigenvalue weighted by atomic mass is 9.98. The second kappa shape index (κ2) is 7.42. The van der Waals surface area contributed by atoms with E-state index in [1.54, 1.807) is 0 Å². The third-order valence-corrected chi connectivity index (χ3v) is 6.49. The Morgan fingerprint density at radius 1 is 1.38 bits per heavy atom. The van der Waals surface area contributed by atoms with Gasteiger partial charge in [-0.15, -0.1) is 0 Å². The number of carbonyl (C=O) groups is 1. The van der Waals surface area contributed by atoms with E-state index in [1.165, 1.54) is 6.07 Å². The minimum Gasteiger partial charge on any atom is -0.481 e. The van der Waals surface area contributed by atoms with Gasteiger partial charge in [-0.3, -0.25) is 4.79 Å². The van der Waals surface area contributed by atoms with E-state index in [-0.39, 0.29) is 26.5 Å². The standard InChI is InChI=1S/C18H15ClF3IO3/c19-13-8-10(18(20,21)22)4-5-14(13)26-11-3-1-2-9(6-11)7-12-15(16(12)23)17(24)25/h3-6,8,12,15-16H,1-2,7H2,(H,24,25)/t12-,15-,16-/m0/s1. The zero-order chi connectivity index (χ0) is 19.1. The van der Waals surface area contributed by atoms with Crippen LogP contribution in [0, 0.1) is 11.8 Å². The molecule has 0 radical (unpaired) electrons. The van der Waals surface area contributed by atoms with Crippen LogP contribution in [0.2, 0.25) is 5.02 Å². The number of carboxylic acids is 1. The van der Waals surface area contributed by atoms with Crippen LogP contribution >= 0.6 is 34.2 Å². The Morgan fingerprint density at radius 3 is 2.69 bits per heavy atom. The van der Waals surface area contributed by atoms with Crippen molar-refractivity contribution in [1.82, 2.24) is 0 Å². The molecule has 1 saturated carbocycles. The maximum absolute atomic E-state index is 12.7. The number of halogens is 5. The molecule has 0 bridgehead atoms. The zero-order valence-corrected chi connectivity index (χ0v) is 16.3. The first-order chi connectivity index (χ1) is 12.2. The lowest BCUT2D eigenvalue weighted by Crippen LogP contribution is -2.05. The summed E-state index contributed by atoms with van der Waals surface area (Å²) >= 11 is 8.08. The van der Waals surface area contributed by atoms with Crippen LogP contribution < -0.4 is 4.74 Å². The number of hydrogen-bond donors (Lipinski definition) is 1. The maximum Gasteiger partial charge on any atom is 0.416 e. The van der Waals surface area contributed by atoms with E-state index in [9.17, 15) is 18.0 Å². The minimum atomic E-state index is -4.46. The average molecular weight is 499 g/mol. The van der Waals surface area contributed by atoms with Gasteiger partial charge in [-0.1, -0.05) is 39.8 Å². The first kappa shape index (κ1) is 19.5. The van der Waals surface area contributed by atoms with Gasteiger partial charge >= 0.3 is 12.1 Å². The Labute approximate surface area is 167 Å². The van der Waals surface area contributed by atoms with Crippen molar-refractivity contribution >= 4 is 40.2 Å². The Hall–Kier alpha value is -1.22. The number of aliphatic carboxylic acids is 1. The molecular weight excluding hydrogens is 484 g/mol. The fourth-order valence-electron chi connectivity index (χ4n) is 3.04. The van der Waals surface area contributed by atoms with E-state index in [2.05, 4.69) is 22.6 Å². The summed E-state index contributed by atoms with van der Waals surface area (Å²) in [6, 6.07) is 2.97. The van der Waals surface area contributed by atoms with Crippen molar-refractivity contribution in [2.24, 2.45) is 11.8 Å². The van der Waals surface area contributed by atoms with Crippen LogP contribution in [0.3, 0.4) is 0 Å². The van der Waals surface area contributed by atoms with Crippen molar-refractivity contribution in [3.05, 3.63) is 52.3 Å². The Bertz CT molecular complexity index is 788. The summed E-state index contributed by atoms with van der Waals surface area (Å²) in [6.07, 6.45) is 1.46. The molecule has 26 heavy (non-hydrogen) atoms. The van der Waals surface area contributed by atoms with Crippen molar-refractivity contribution < 1.29 is 27.8 Å². The molecule has 0 unspecified atom stereocenters. The summed E-state index contributed by atoms with van der Waals surface area (Å²) < 4.78 is 43.9. The van der Waals surface area contributed by atoms with Crippen molar-refractivity contribution in [1.29, 1.82) is 0 Å². The zero-order valence-electron chi connectivity index (χ0n) is 13.4. The number of hydrogen-bond acceptors (Lipinski definition) is 2. The summed E-state index contributed by atoms with van der Waals surface area (Å²) in [5, 5.41) is 9.02. The second-order valence-electron chi connectivity index (χ2n) is 6.37. The van der Waals surface area contributed by atoms with Gasteiger partial charge in [-0.05, 0) is 55.5 Å². The smallest absolute Gasteiger partial charge is 0.416 e. The Morgan fingerprint density at radius 2 is 2.12 bits per heavy atom. The molecule has 2 aliphatic carbocycles. The highest BCUT2D eigenvalue weighted by molar-refractivity contribution is 14.1.